The average Bonchev–Trinajstić information content (AvgIpc) is 3.17. The lowest BCUT2D eigenvalue weighted by Gasteiger charge is -2.35. The number of halogens is 1. The summed E-state index contributed by atoms with van der Waals surface area (Å²) in [6.07, 6.45) is 2.54. The first-order valence-electron chi connectivity index (χ1n) is 8.78. The molecule has 1 aliphatic heterocycles. The number of nitrogens with one attached hydrogen (secondary N) is 1. The highest BCUT2D eigenvalue weighted by Crippen LogP contribution is 2.35. The van der Waals surface area contributed by atoms with Crippen LogP contribution in [0.3, 0.4) is 0 Å². The standard InChI is InChI=1S/C21H19FN4O/c1-27-19-6-5-17(22)10-16(19)12-26-8-7-18-20(25-13-24-18)21(26)15-4-2-3-14(9-15)11-23/h2-6,9-10,13,21H,7-8,12H2,1H3,(H,24,25). The van der Waals surface area contributed by atoms with Crippen molar-refractivity contribution in [3.05, 3.63) is 82.7 Å². The Morgan fingerprint density at radius 3 is 3.04 bits per heavy atom. The van der Waals surface area contributed by atoms with E-state index in [-0.39, 0.29) is 11.9 Å². The summed E-state index contributed by atoms with van der Waals surface area (Å²) in [6, 6.07) is 14.2. The van der Waals surface area contributed by atoms with Crippen molar-refractivity contribution in [3.63, 3.8) is 0 Å². The van der Waals surface area contributed by atoms with Gasteiger partial charge in [0.15, 0.2) is 0 Å². The summed E-state index contributed by atoms with van der Waals surface area (Å²) in [4.78, 5) is 10.00. The number of nitrogens with zero attached hydrogens (tertiary/aromatic N) is 3. The van der Waals surface area contributed by atoms with E-state index in [1.54, 1.807) is 25.6 Å². The Balaban J connectivity index is 1.75. The molecule has 27 heavy (non-hydrogen) atoms. The summed E-state index contributed by atoms with van der Waals surface area (Å²) in [7, 11) is 1.59. The van der Waals surface area contributed by atoms with Crippen LogP contribution in [0.5, 0.6) is 5.75 Å². The Kier molecular flexibility index (Phi) is 4.61. The Bertz CT molecular complexity index is 1010. The number of H-pyrrole nitrogens is 1. The first kappa shape index (κ1) is 17.3. The number of benzene rings is 2. The Hall–Kier alpha value is -3.17. The number of imidazole rings is 1. The van der Waals surface area contributed by atoms with Gasteiger partial charge >= 0.3 is 0 Å². The molecule has 0 saturated carbocycles. The van der Waals surface area contributed by atoms with Crippen molar-refractivity contribution < 1.29 is 9.13 Å². The smallest absolute Gasteiger partial charge is 0.123 e. The van der Waals surface area contributed by atoms with Gasteiger partial charge in [0, 0.05) is 30.8 Å². The molecule has 0 fully saturated rings. The van der Waals surface area contributed by atoms with Gasteiger partial charge < -0.3 is 9.72 Å². The first-order valence-corrected chi connectivity index (χ1v) is 8.78. The zero-order valence-electron chi connectivity index (χ0n) is 14.9. The number of hydrogen-bond donors (Lipinski definition) is 1. The molecule has 6 heteroatoms. The van der Waals surface area contributed by atoms with Gasteiger partial charge in [0.1, 0.15) is 11.6 Å². The highest BCUT2D eigenvalue weighted by Gasteiger charge is 2.31. The van der Waals surface area contributed by atoms with Crippen LogP contribution in [-0.4, -0.2) is 28.5 Å². The van der Waals surface area contributed by atoms with Crippen LogP contribution in [0.1, 0.15) is 34.1 Å². The second-order valence-electron chi connectivity index (χ2n) is 6.58. The molecule has 0 saturated heterocycles. The molecular weight excluding hydrogens is 343 g/mol. The molecule has 0 spiro atoms. The van der Waals surface area contributed by atoms with Gasteiger partial charge in [-0.25, -0.2) is 9.37 Å². The van der Waals surface area contributed by atoms with E-state index >= 15 is 0 Å². The maximum Gasteiger partial charge on any atom is 0.123 e. The molecule has 1 atom stereocenters. The van der Waals surface area contributed by atoms with Crippen LogP contribution >= 0.6 is 0 Å². The minimum absolute atomic E-state index is 0.110. The van der Waals surface area contributed by atoms with Crippen LogP contribution in [0.25, 0.3) is 0 Å². The van der Waals surface area contributed by atoms with Crippen molar-refractivity contribution in [2.24, 2.45) is 0 Å². The number of aromatic amines is 1. The highest BCUT2D eigenvalue weighted by atomic mass is 19.1. The molecule has 2 aromatic carbocycles. The number of aromatic nitrogens is 2. The van der Waals surface area contributed by atoms with Crippen molar-refractivity contribution in [2.75, 3.05) is 13.7 Å². The minimum Gasteiger partial charge on any atom is -0.496 e. The molecule has 1 aliphatic rings. The first-order chi connectivity index (χ1) is 13.2. The second kappa shape index (κ2) is 7.22. The average molecular weight is 362 g/mol. The van der Waals surface area contributed by atoms with E-state index in [2.05, 4.69) is 20.9 Å². The monoisotopic (exact) mass is 362 g/mol. The van der Waals surface area contributed by atoms with Crippen molar-refractivity contribution in [2.45, 2.75) is 19.0 Å². The maximum absolute atomic E-state index is 13.8. The SMILES string of the molecule is COc1ccc(F)cc1CN1CCc2[nH]cnc2C1c1cccc(C#N)c1. The zero-order valence-corrected chi connectivity index (χ0v) is 14.9. The Morgan fingerprint density at radius 1 is 1.33 bits per heavy atom. The lowest BCUT2D eigenvalue weighted by Crippen LogP contribution is -2.36. The topological polar surface area (TPSA) is 64.9 Å². The van der Waals surface area contributed by atoms with E-state index in [0.717, 1.165) is 35.5 Å². The van der Waals surface area contributed by atoms with Gasteiger partial charge in [-0.05, 0) is 35.9 Å². The third-order valence-corrected chi connectivity index (χ3v) is 4.97. The number of fused-ring (bicyclic) bond motifs is 1. The fourth-order valence-electron chi connectivity index (χ4n) is 3.73. The van der Waals surface area contributed by atoms with Crippen molar-refractivity contribution in [3.8, 4) is 11.8 Å². The Morgan fingerprint density at radius 2 is 2.22 bits per heavy atom. The molecule has 5 nitrogen and oxygen atoms in total. The number of rotatable bonds is 4. The fourth-order valence-corrected chi connectivity index (χ4v) is 3.73. The summed E-state index contributed by atoms with van der Waals surface area (Å²) < 4.78 is 19.2. The quantitative estimate of drug-likeness (QED) is 0.770. The van der Waals surface area contributed by atoms with Crippen molar-refractivity contribution >= 4 is 0 Å². The molecule has 1 unspecified atom stereocenters. The number of methoxy groups -OCH3 is 1. The number of hydrogen-bond acceptors (Lipinski definition) is 4. The molecule has 0 amide bonds. The summed E-state index contributed by atoms with van der Waals surface area (Å²) in [5.41, 5.74) is 4.45. The molecule has 1 aromatic heterocycles. The number of nitriles is 1. The van der Waals surface area contributed by atoms with E-state index < -0.39 is 0 Å². The number of ether oxygens (including phenoxy) is 1. The van der Waals surface area contributed by atoms with E-state index in [4.69, 9.17) is 4.74 Å². The third kappa shape index (κ3) is 3.29. The van der Waals surface area contributed by atoms with Crippen LogP contribution in [0.2, 0.25) is 0 Å². The molecule has 0 bridgehead atoms. The van der Waals surface area contributed by atoms with Crippen molar-refractivity contribution in [1.82, 2.24) is 14.9 Å². The molecule has 4 rings (SSSR count). The maximum atomic E-state index is 13.8. The van der Waals surface area contributed by atoms with E-state index in [0.29, 0.717) is 17.9 Å². The Labute approximate surface area is 157 Å². The minimum atomic E-state index is -0.286. The van der Waals surface area contributed by atoms with E-state index in [1.807, 2.05) is 18.2 Å². The molecule has 0 radical (unpaired) electrons. The molecule has 136 valence electrons. The fraction of sp³-hybridized carbons (Fsp3) is 0.238. The summed E-state index contributed by atoms with van der Waals surface area (Å²) in [6.45, 7) is 1.31. The van der Waals surface area contributed by atoms with Gasteiger partial charge in [0.05, 0.1) is 36.8 Å². The van der Waals surface area contributed by atoms with E-state index in [1.165, 1.54) is 12.1 Å². The molecule has 1 N–H and O–H groups in total. The van der Waals surface area contributed by atoms with E-state index in [9.17, 15) is 9.65 Å². The lowest BCUT2D eigenvalue weighted by molar-refractivity contribution is 0.197. The molecule has 3 aromatic rings. The van der Waals surface area contributed by atoms with Gasteiger partial charge in [-0.3, -0.25) is 4.90 Å². The largest absolute Gasteiger partial charge is 0.496 e. The highest BCUT2D eigenvalue weighted by molar-refractivity contribution is 5.40. The van der Waals surface area contributed by atoms with Crippen LogP contribution in [0.4, 0.5) is 4.39 Å². The predicted molar refractivity (Wildman–Crippen MR) is 98.7 cm³/mol. The lowest BCUT2D eigenvalue weighted by atomic mass is 9.94. The second-order valence-corrected chi connectivity index (χ2v) is 6.58. The normalized spacial score (nSPS) is 16.6. The zero-order chi connectivity index (χ0) is 18.8. The predicted octanol–water partition coefficient (Wildman–Crippen LogP) is 3.58. The molecule has 2 heterocycles. The van der Waals surface area contributed by atoms with Gasteiger partial charge in [-0.15, -0.1) is 0 Å². The van der Waals surface area contributed by atoms with Crippen LogP contribution in [0.15, 0.2) is 48.8 Å². The van der Waals surface area contributed by atoms with Crippen LogP contribution < -0.4 is 4.74 Å². The summed E-state index contributed by atoms with van der Waals surface area (Å²) in [5.74, 6) is 0.375. The van der Waals surface area contributed by atoms with Gasteiger partial charge in [0.25, 0.3) is 0 Å². The van der Waals surface area contributed by atoms with Gasteiger partial charge in [-0.2, -0.15) is 5.26 Å². The summed E-state index contributed by atoms with van der Waals surface area (Å²) >= 11 is 0. The van der Waals surface area contributed by atoms with Crippen molar-refractivity contribution in [1.29, 1.82) is 5.26 Å². The van der Waals surface area contributed by atoms with Crippen LogP contribution in [-0.2, 0) is 13.0 Å². The van der Waals surface area contributed by atoms with Gasteiger partial charge in [0.2, 0.25) is 0 Å². The van der Waals surface area contributed by atoms with Gasteiger partial charge in [-0.1, -0.05) is 12.1 Å². The molecule has 0 aliphatic carbocycles. The third-order valence-electron chi connectivity index (χ3n) is 4.97. The molecular formula is C21H19FN4O. The van der Waals surface area contributed by atoms with Crippen LogP contribution in [0, 0.1) is 17.1 Å². The summed E-state index contributed by atoms with van der Waals surface area (Å²) in [5, 5.41) is 9.27.